The minimum atomic E-state index is -0.503. The zero-order chi connectivity index (χ0) is 7.98. The van der Waals surface area contributed by atoms with Crippen molar-refractivity contribution in [2.45, 2.75) is 13.0 Å². The lowest BCUT2D eigenvalue weighted by Crippen LogP contribution is -2.10. The predicted octanol–water partition coefficient (Wildman–Crippen LogP) is 1.46. The van der Waals surface area contributed by atoms with Crippen molar-refractivity contribution < 1.29 is 9.53 Å². The van der Waals surface area contributed by atoms with Gasteiger partial charge < -0.3 is 4.74 Å². The van der Waals surface area contributed by atoms with Gasteiger partial charge >= 0.3 is 5.97 Å². The minimum absolute atomic E-state index is 0.361. The smallest absolute Gasteiger partial charge is 0.304 e. The van der Waals surface area contributed by atoms with Crippen LogP contribution in [-0.4, -0.2) is 12.1 Å². The molecule has 0 aliphatic rings. The maximum Gasteiger partial charge on any atom is 0.304 e. The lowest BCUT2D eigenvalue weighted by molar-refractivity contribution is -0.142. The van der Waals surface area contributed by atoms with Crippen LogP contribution in [0.2, 0.25) is 0 Å². The van der Waals surface area contributed by atoms with E-state index in [0.29, 0.717) is 0 Å². The van der Waals surface area contributed by atoms with Gasteiger partial charge in [0, 0.05) is 22.9 Å². The molecule has 0 N–H and O–H groups in total. The first-order valence-corrected chi connectivity index (χ1v) is 3.41. The Bertz CT molecular complexity index is 188. The first kappa shape index (κ1) is 9.25. The van der Waals surface area contributed by atoms with E-state index in [2.05, 4.69) is 38.0 Å². The molecule has 0 amide bonds. The van der Waals surface area contributed by atoms with Crippen LogP contribution in [-0.2, 0) is 9.53 Å². The van der Waals surface area contributed by atoms with Gasteiger partial charge in [-0.15, -0.1) is 0 Å². The highest BCUT2D eigenvalue weighted by molar-refractivity contribution is 9.12. The molecule has 54 valence electrons. The van der Waals surface area contributed by atoms with Crippen LogP contribution in [0.4, 0.5) is 0 Å². The summed E-state index contributed by atoms with van der Waals surface area (Å²) in [5.74, 6) is 2.21. The molecule has 10 heavy (non-hydrogen) atoms. The Labute approximate surface area is 68.4 Å². The van der Waals surface area contributed by atoms with E-state index in [-0.39, 0.29) is 5.97 Å². The Morgan fingerprint density at radius 2 is 2.50 bits per heavy atom. The van der Waals surface area contributed by atoms with E-state index in [1.807, 2.05) is 0 Å². The number of rotatable bonds is 2. The van der Waals surface area contributed by atoms with Crippen LogP contribution in [0.25, 0.3) is 0 Å². The molecular weight excluding hydrogens is 196 g/mol. The van der Waals surface area contributed by atoms with E-state index in [1.165, 1.54) is 13.0 Å². The molecule has 0 fully saturated rings. The van der Waals surface area contributed by atoms with Gasteiger partial charge in [-0.3, -0.25) is 4.79 Å². The Balaban J connectivity index is 3.91. The van der Waals surface area contributed by atoms with Gasteiger partial charge in [-0.2, -0.15) is 0 Å². The molecule has 0 aliphatic heterocycles. The fourth-order valence-electron chi connectivity index (χ4n) is 0.369. The zero-order valence-electron chi connectivity index (χ0n) is 5.56. The molecule has 0 radical (unpaired) electrons. The first-order chi connectivity index (χ1) is 4.70. The fraction of sp³-hybridized carbons (Fsp3) is 0.286. The molecular formula is C7H7BrO2. The molecule has 0 saturated heterocycles. The minimum Gasteiger partial charge on any atom is -0.445 e. The van der Waals surface area contributed by atoms with Crippen molar-refractivity contribution in [1.82, 2.24) is 0 Å². The number of carbonyl (C=O) groups is 1. The number of hydrogen-bond acceptors (Lipinski definition) is 2. The summed E-state index contributed by atoms with van der Waals surface area (Å²) >= 11 is 2.88. The largest absolute Gasteiger partial charge is 0.445 e. The summed E-state index contributed by atoms with van der Waals surface area (Å²) in [6.07, 6.45) is 0.951. The second-order valence-corrected chi connectivity index (χ2v) is 1.90. The van der Waals surface area contributed by atoms with Crippen molar-refractivity contribution in [2.24, 2.45) is 0 Å². The van der Waals surface area contributed by atoms with E-state index < -0.39 is 6.10 Å². The van der Waals surface area contributed by atoms with Crippen LogP contribution in [0.5, 0.6) is 0 Å². The van der Waals surface area contributed by atoms with Crippen molar-refractivity contribution in [2.75, 3.05) is 0 Å². The third-order valence-electron chi connectivity index (χ3n) is 0.704. The van der Waals surface area contributed by atoms with Crippen molar-refractivity contribution in [3.05, 3.63) is 12.7 Å². The summed E-state index contributed by atoms with van der Waals surface area (Å²) in [4.78, 5) is 12.8. The summed E-state index contributed by atoms with van der Waals surface area (Å²) in [6.45, 7) is 4.76. The van der Waals surface area contributed by atoms with Crippen LogP contribution in [0, 0.1) is 10.8 Å². The third-order valence-corrected chi connectivity index (χ3v) is 0.933. The van der Waals surface area contributed by atoms with Gasteiger partial charge in [0.05, 0.1) is 0 Å². The van der Waals surface area contributed by atoms with Crippen molar-refractivity contribution in [3.63, 3.8) is 0 Å². The zero-order valence-corrected chi connectivity index (χ0v) is 7.14. The lowest BCUT2D eigenvalue weighted by Gasteiger charge is -2.03. The van der Waals surface area contributed by atoms with Crippen LogP contribution in [0.3, 0.4) is 0 Å². The van der Waals surface area contributed by atoms with Crippen LogP contribution in [0.15, 0.2) is 12.7 Å². The van der Waals surface area contributed by atoms with Crippen LogP contribution < -0.4 is 0 Å². The fourth-order valence-corrected chi connectivity index (χ4v) is 0.595. The van der Waals surface area contributed by atoms with Gasteiger partial charge in [-0.25, -0.2) is 0 Å². The average molecular weight is 203 g/mol. The Morgan fingerprint density at radius 3 is 2.80 bits per heavy atom. The summed E-state index contributed by atoms with van der Waals surface area (Å²) in [7, 11) is 0. The van der Waals surface area contributed by atoms with E-state index in [9.17, 15) is 4.79 Å². The highest BCUT2D eigenvalue weighted by atomic mass is 79.9. The molecule has 0 heterocycles. The number of ether oxygens (including phenoxy) is 1. The molecule has 0 spiro atoms. The van der Waals surface area contributed by atoms with Gasteiger partial charge in [0.25, 0.3) is 0 Å². The Hall–Kier alpha value is -0.750. The highest BCUT2D eigenvalue weighted by Crippen LogP contribution is 1.92. The van der Waals surface area contributed by atoms with E-state index >= 15 is 0 Å². The first-order valence-electron chi connectivity index (χ1n) is 2.61. The molecule has 0 rings (SSSR count). The Morgan fingerprint density at radius 1 is 1.90 bits per heavy atom. The number of carbonyl (C=O) groups excluding carboxylic acids is 1. The van der Waals surface area contributed by atoms with Crippen molar-refractivity contribution in [1.29, 1.82) is 0 Å². The van der Waals surface area contributed by atoms with Crippen LogP contribution >= 0.6 is 15.9 Å². The van der Waals surface area contributed by atoms with Crippen molar-refractivity contribution in [3.8, 4) is 10.8 Å². The number of halogens is 1. The summed E-state index contributed by atoms with van der Waals surface area (Å²) in [6, 6.07) is 0. The van der Waals surface area contributed by atoms with Gasteiger partial charge in [0.15, 0.2) is 6.10 Å². The van der Waals surface area contributed by atoms with E-state index in [1.54, 1.807) is 0 Å². The average Bonchev–Trinajstić information content (AvgIpc) is 1.86. The van der Waals surface area contributed by atoms with Gasteiger partial charge in [-0.1, -0.05) is 6.58 Å². The molecule has 3 heteroatoms. The SMILES string of the molecule is C=CC(C#CBr)OC(C)=O. The number of esters is 1. The number of hydrogen-bond donors (Lipinski definition) is 0. The highest BCUT2D eigenvalue weighted by Gasteiger charge is 2.00. The summed E-state index contributed by atoms with van der Waals surface area (Å²) in [5.41, 5.74) is 0. The van der Waals surface area contributed by atoms with Crippen LogP contribution in [0.1, 0.15) is 6.92 Å². The van der Waals surface area contributed by atoms with E-state index in [4.69, 9.17) is 0 Å². The molecule has 0 saturated carbocycles. The molecule has 1 unspecified atom stereocenters. The summed E-state index contributed by atoms with van der Waals surface area (Å²) < 4.78 is 4.68. The molecule has 0 aromatic carbocycles. The monoisotopic (exact) mass is 202 g/mol. The predicted molar refractivity (Wildman–Crippen MR) is 42.5 cm³/mol. The molecule has 0 aliphatic carbocycles. The molecule has 0 aromatic rings. The van der Waals surface area contributed by atoms with Gasteiger partial charge in [-0.05, 0) is 16.8 Å². The quantitative estimate of drug-likeness (QED) is 0.385. The molecule has 2 nitrogen and oxygen atoms in total. The Kier molecular flexibility index (Phi) is 4.69. The second-order valence-electron chi connectivity index (χ2n) is 1.50. The molecule has 0 bridgehead atoms. The second kappa shape index (κ2) is 5.07. The van der Waals surface area contributed by atoms with E-state index in [0.717, 1.165) is 0 Å². The lowest BCUT2D eigenvalue weighted by atomic mass is 10.4. The maximum atomic E-state index is 10.3. The topological polar surface area (TPSA) is 26.3 Å². The molecule has 1 atom stereocenters. The normalized spacial score (nSPS) is 10.6. The standard InChI is InChI=1S/C7H7BrO2/c1-3-7(4-5-8)10-6(2)9/h3,7H,1H2,2H3. The van der Waals surface area contributed by atoms with Gasteiger partial charge in [0.2, 0.25) is 0 Å². The molecule has 0 aromatic heterocycles. The summed E-state index contributed by atoms with van der Waals surface area (Å²) in [5, 5.41) is 0. The van der Waals surface area contributed by atoms with Crippen molar-refractivity contribution >= 4 is 21.9 Å². The van der Waals surface area contributed by atoms with Gasteiger partial charge in [0.1, 0.15) is 0 Å². The maximum absolute atomic E-state index is 10.3. The third kappa shape index (κ3) is 4.16.